The average Bonchev–Trinajstić information content (AvgIpc) is 3.17. The normalized spacial score (nSPS) is 14.4. The molecule has 0 aliphatic carbocycles. The molecule has 0 spiro atoms. The third-order valence-corrected chi connectivity index (χ3v) is 10.2. The van der Waals surface area contributed by atoms with Crippen molar-refractivity contribution in [3.05, 3.63) is 144 Å². The third kappa shape index (κ3) is 23.0. The van der Waals surface area contributed by atoms with E-state index in [9.17, 15) is 47.2 Å². The van der Waals surface area contributed by atoms with Gasteiger partial charge in [-0.25, -0.2) is 9.13 Å². The van der Waals surface area contributed by atoms with E-state index in [0.29, 0.717) is 22.3 Å². The van der Waals surface area contributed by atoms with E-state index < -0.39 is 53.0 Å². The summed E-state index contributed by atoms with van der Waals surface area (Å²) < 4.78 is 61.4. The molecule has 304 valence electrons. The summed E-state index contributed by atoms with van der Waals surface area (Å²) >= 11 is 0. The minimum Gasteiger partial charge on any atom is -0.772 e. The molecule has 4 atom stereocenters. The Bertz CT molecular complexity index is 1760. The smallest absolute Gasteiger partial charge is 0.772 e. The van der Waals surface area contributed by atoms with Crippen LogP contribution >= 0.6 is 30.4 Å². The van der Waals surface area contributed by atoms with E-state index in [4.69, 9.17) is 9.79 Å². The Kier molecular flexibility index (Phi) is 25.0. The summed E-state index contributed by atoms with van der Waals surface area (Å²) in [6.07, 6.45) is 0. The van der Waals surface area contributed by atoms with Crippen molar-refractivity contribution in [2.45, 2.75) is 26.4 Å². The summed E-state index contributed by atoms with van der Waals surface area (Å²) in [5.41, 5.74) is 15.6. The average molecular weight is 899 g/mol. The Balaban J connectivity index is 0.000000729. The van der Waals surface area contributed by atoms with E-state index in [1.165, 1.54) is 0 Å². The van der Waals surface area contributed by atoms with Gasteiger partial charge >= 0.3 is 64.2 Å². The number of carbonyl (C=O) groups is 4. The van der Waals surface area contributed by atoms with E-state index in [0.717, 1.165) is 0 Å². The van der Waals surface area contributed by atoms with Gasteiger partial charge in [-0.1, -0.05) is 121 Å². The van der Waals surface area contributed by atoms with Gasteiger partial charge < -0.3 is 51.6 Å². The Morgan fingerprint density at radius 2 is 0.614 bits per heavy atom. The van der Waals surface area contributed by atoms with Crippen LogP contribution in [0.4, 0.5) is 19.2 Å². The Morgan fingerprint density at radius 3 is 0.789 bits per heavy atom. The molecule has 0 fully saturated rings. The molecule has 20 nitrogen and oxygen atoms in total. The van der Waals surface area contributed by atoms with Gasteiger partial charge in [0.05, 0.1) is 26.4 Å². The Hall–Kier alpha value is -3.38. The van der Waals surface area contributed by atoms with Crippen molar-refractivity contribution >= 4 is 90.7 Å². The molecule has 0 radical (unpaired) electrons. The van der Waals surface area contributed by atoms with Crippen molar-refractivity contribution in [3.63, 3.8) is 0 Å². The van der Waals surface area contributed by atoms with Gasteiger partial charge in [-0.05, 0) is 22.3 Å². The molecule has 0 saturated heterocycles. The topological polar surface area (TPSA) is 364 Å². The number of primary amides is 4. The standard InChI is InChI=1S/4C8H10NO4P.Ca/c4*9-8(10)14(11,12)13-6-7-4-2-1-3-5-7;/h4*1-5H,6H2,(H2,9,10)(H,11,12);/q;;;;+2/p-2. The van der Waals surface area contributed by atoms with Gasteiger partial charge in [0.1, 0.15) is 0 Å². The molecule has 4 aromatic rings. The first-order valence-electron chi connectivity index (χ1n) is 15.3. The van der Waals surface area contributed by atoms with Crippen LogP contribution in [0.3, 0.4) is 0 Å². The molecule has 0 bridgehead atoms. The van der Waals surface area contributed by atoms with Crippen LogP contribution in [0.1, 0.15) is 22.3 Å². The van der Waals surface area contributed by atoms with E-state index >= 15 is 0 Å². The summed E-state index contributed by atoms with van der Waals surface area (Å²) in [5.74, 6) is 0. The van der Waals surface area contributed by atoms with Crippen LogP contribution < -0.4 is 32.7 Å². The number of amides is 4. The van der Waals surface area contributed by atoms with Crippen molar-refractivity contribution in [1.29, 1.82) is 0 Å². The molecule has 4 rings (SSSR count). The monoisotopic (exact) mass is 898 g/mol. The Morgan fingerprint density at radius 1 is 0.421 bits per heavy atom. The summed E-state index contributed by atoms with van der Waals surface area (Å²) in [6.45, 7) is -0.579. The largest absolute Gasteiger partial charge is 2.00 e. The SMILES string of the molecule is NC(=O)P(=O)(O)OCc1ccccc1.NC(=O)P(=O)(O)OCc1ccccc1.NC(=O)P(=O)([O-])OCc1ccccc1.NC(=O)P(=O)([O-])OCc1ccccc1.[Ca+2]. The summed E-state index contributed by atoms with van der Waals surface area (Å²) in [4.78, 5) is 81.1. The summed E-state index contributed by atoms with van der Waals surface area (Å²) in [6, 6.07) is 34.7. The molecule has 10 N–H and O–H groups in total. The number of rotatable bonds is 16. The van der Waals surface area contributed by atoms with Gasteiger partial charge in [0.2, 0.25) is 15.2 Å². The summed E-state index contributed by atoms with van der Waals surface area (Å²) in [7, 11) is -17.7. The zero-order valence-electron chi connectivity index (χ0n) is 29.8. The molecule has 0 heterocycles. The maximum atomic E-state index is 10.9. The molecule has 4 aromatic carbocycles. The van der Waals surface area contributed by atoms with Gasteiger partial charge in [-0.2, -0.15) is 0 Å². The van der Waals surface area contributed by atoms with Gasteiger partial charge in [0.25, 0.3) is 11.3 Å². The van der Waals surface area contributed by atoms with Gasteiger partial charge in [-0.3, -0.25) is 37.4 Å². The second-order valence-electron chi connectivity index (χ2n) is 10.4. The van der Waals surface area contributed by atoms with Crippen molar-refractivity contribution < 1.29 is 75.1 Å². The molecule has 0 aliphatic heterocycles. The van der Waals surface area contributed by atoms with Gasteiger partial charge in [0.15, 0.2) is 0 Å². The molecule has 4 amide bonds. The maximum absolute atomic E-state index is 10.9. The summed E-state index contributed by atoms with van der Waals surface area (Å²) in [5, 5.41) is 0. The fraction of sp³-hybridized carbons (Fsp3) is 0.125. The van der Waals surface area contributed by atoms with Crippen molar-refractivity contribution in [2.24, 2.45) is 22.9 Å². The van der Waals surface area contributed by atoms with Crippen LogP contribution in [-0.4, -0.2) is 70.1 Å². The number of nitrogens with two attached hydrogens (primary N) is 4. The molecular weight excluding hydrogens is 860 g/mol. The van der Waals surface area contributed by atoms with E-state index in [-0.39, 0.29) is 64.2 Å². The fourth-order valence-electron chi connectivity index (χ4n) is 3.19. The molecule has 4 unspecified atom stereocenters. The van der Waals surface area contributed by atoms with Crippen molar-refractivity contribution in [3.8, 4) is 0 Å². The molecule has 0 saturated carbocycles. The van der Waals surface area contributed by atoms with Crippen molar-refractivity contribution in [1.82, 2.24) is 0 Å². The van der Waals surface area contributed by atoms with Gasteiger partial charge in [0, 0.05) is 0 Å². The number of hydrogen-bond donors (Lipinski definition) is 6. The minimum absolute atomic E-state index is 0. The zero-order valence-corrected chi connectivity index (χ0v) is 35.6. The van der Waals surface area contributed by atoms with E-state index in [2.05, 4.69) is 41.0 Å². The first-order chi connectivity index (χ1) is 26.1. The van der Waals surface area contributed by atoms with Crippen LogP contribution in [-0.2, 0) is 62.8 Å². The predicted octanol–water partition coefficient (Wildman–Crippen LogP) is 4.22. The van der Waals surface area contributed by atoms with Crippen LogP contribution in [0.25, 0.3) is 0 Å². The number of carbonyl (C=O) groups excluding carboxylic acids is 4. The van der Waals surface area contributed by atoms with Crippen LogP contribution in [0.15, 0.2) is 121 Å². The van der Waals surface area contributed by atoms with Crippen LogP contribution in [0, 0.1) is 0 Å². The Labute approximate surface area is 356 Å². The third-order valence-electron chi connectivity index (χ3n) is 6.08. The second kappa shape index (κ2) is 26.6. The molecule has 25 heteroatoms. The van der Waals surface area contributed by atoms with E-state index in [1.54, 1.807) is 121 Å². The van der Waals surface area contributed by atoms with Crippen molar-refractivity contribution in [2.75, 3.05) is 0 Å². The number of benzene rings is 4. The zero-order chi connectivity index (χ0) is 42.4. The first-order valence-corrected chi connectivity index (χ1v) is 21.5. The van der Waals surface area contributed by atoms with Gasteiger partial charge in [-0.15, -0.1) is 0 Å². The van der Waals surface area contributed by atoms with Crippen LogP contribution in [0.2, 0.25) is 0 Å². The first kappa shape index (κ1) is 53.6. The van der Waals surface area contributed by atoms with Crippen LogP contribution in [0.5, 0.6) is 0 Å². The van der Waals surface area contributed by atoms with E-state index in [1.807, 2.05) is 0 Å². The molecule has 57 heavy (non-hydrogen) atoms. The second-order valence-corrected chi connectivity index (χ2v) is 17.3. The minimum atomic E-state index is -4.54. The predicted molar refractivity (Wildman–Crippen MR) is 204 cm³/mol. The number of hydrogen-bond acceptors (Lipinski definition) is 14. The molecular formula is C32H38CaN4O16P4. The molecule has 0 aliphatic rings. The quantitative estimate of drug-likeness (QED) is 0.0677. The fourth-order valence-corrected chi connectivity index (χ4v) is 4.99. The maximum Gasteiger partial charge on any atom is 2.00 e. The molecule has 0 aromatic heterocycles.